The van der Waals surface area contributed by atoms with Gasteiger partial charge in [0.05, 0.1) is 11.8 Å². The lowest BCUT2D eigenvalue weighted by Crippen LogP contribution is -2.45. The molecule has 1 aromatic carbocycles. The lowest BCUT2D eigenvalue weighted by molar-refractivity contribution is 0.199. The van der Waals surface area contributed by atoms with Crippen LogP contribution in [-0.2, 0) is 0 Å². The summed E-state index contributed by atoms with van der Waals surface area (Å²) < 4.78 is 14.1. The normalized spacial score (nSPS) is 26.2. The van der Waals surface area contributed by atoms with Gasteiger partial charge in [-0.05, 0) is 19.9 Å². The van der Waals surface area contributed by atoms with Crippen molar-refractivity contribution >= 4 is 17.4 Å². The number of halogens is 1. The van der Waals surface area contributed by atoms with Crippen molar-refractivity contribution in [3.8, 4) is 0 Å². The highest BCUT2D eigenvalue weighted by molar-refractivity contribution is 8.00. The van der Waals surface area contributed by atoms with E-state index in [-0.39, 0.29) is 11.9 Å². The van der Waals surface area contributed by atoms with Gasteiger partial charge < -0.3 is 10.0 Å². The van der Waals surface area contributed by atoms with Crippen LogP contribution >= 0.6 is 11.8 Å². The third-order valence-corrected chi connectivity index (χ3v) is 4.98. The molecular weight excluding hydrogens is 249 g/mol. The van der Waals surface area contributed by atoms with Crippen LogP contribution in [0.2, 0.25) is 0 Å². The summed E-state index contributed by atoms with van der Waals surface area (Å²) in [5, 5.41) is 10.3. The van der Waals surface area contributed by atoms with E-state index in [9.17, 15) is 9.50 Å². The molecule has 3 atom stereocenters. The standard InChI is InChI=1S/C14H20FNOS/c1-9-11(3)18-8-7-16(9)14-12(10(2)17)5-4-6-13(14)15/h4-6,9-11,17H,7-8H2,1-3H3/t9?,10-,11?/m0/s1. The van der Waals surface area contributed by atoms with Crippen molar-refractivity contribution in [3.05, 3.63) is 29.6 Å². The number of aliphatic hydroxyl groups excluding tert-OH is 1. The molecule has 1 saturated heterocycles. The van der Waals surface area contributed by atoms with E-state index in [0.717, 1.165) is 12.3 Å². The van der Waals surface area contributed by atoms with Crippen molar-refractivity contribution in [2.45, 2.75) is 38.2 Å². The van der Waals surface area contributed by atoms with Gasteiger partial charge in [0, 0.05) is 29.2 Å². The smallest absolute Gasteiger partial charge is 0.146 e. The van der Waals surface area contributed by atoms with Crippen LogP contribution < -0.4 is 4.90 Å². The van der Waals surface area contributed by atoms with E-state index in [1.54, 1.807) is 13.0 Å². The van der Waals surface area contributed by atoms with Gasteiger partial charge in [0.1, 0.15) is 5.82 Å². The SMILES string of the molecule is CC1SCCN(c2c(F)cccc2[C@H](C)O)C1C. The predicted octanol–water partition coefficient (Wildman–Crippen LogP) is 3.21. The van der Waals surface area contributed by atoms with Crippen molar-refractivity contribution in [3.63, 3.8) is 0 Å². The van der Waals surface area contributed by atoms with Gasteiger partial charge in [0.2, 0.25) is 0 Å². The molecule has 4 heteroatoms. The van der Waals surface area contributed by atoms with Crippen LogP contribution in [0.15, 0.2) is 18.2 Å². The molecule has 1 aliphatic heterocycles. The van der Waals surface area contributed by atoms with E-state index in [1.165, 1.54) is 6.07 Å². The van der Waals surface area contributed by atoms with Gasteiger partial charge in [-0.2, -0.15) is 11.8 Å². The Morgan fingerprint density at radius 2 is 2.17 bits per heavy atom. The minimum Gasteiger partial charge on any atom is -0.389 e. The summed E-state index contributed by atoms with van der Waals surface area (Å²) in [6.07, 6.45) is -0.646. The number of hydrogen-bond donors (Lipinski definition) is 1. The summed E-state index contributed by atoms with van der Waals surface area (Å²) in [6, 6.07) is 5.22. The Morgan fingerprint density at radius 3 is 2.83 bits per heavy atom. The summed E-state index contributed by atoms with van der Waals surface area (Å²) in [5.74, 6) is 0.762. The first-order valence-electron chi connectivity index (χ1n) is 6.37. The van der Waals surface area contributed by atoms with E-state index in [2.05, 4.69) is 18.7 Å². The summed E-state index contributed by atoms with van der Waals surface area (Å²) in [6.45, 7) is 6.81. The number of aliphatic hydroxyl groups is 1. The fourth-order valence-corrected chi connectivity index (χ4v) is 3.52. The molecule has 0 radical (unpaired) electrons. The number of benzene rings is 1. The second-order valence-electron chi connectivity index (χ2n) is 4.86. The van der Waals surface area contributed by atoms with E-state index in [4.69, 9.17) is 0 Å². The lowest BCUT2D eigenvalue weighted by Gasteiger charge is -2.40. The summed E-state index contributed by atoms with van der Waals surface area (Å²) >= 11 is 1.92. The number of hydrogen-bond acceptors (Lipinski definition) is 3. The van der Waals surface area contributed by atoms with Crippen LogP contribution in [0.1, 0.15) is 32.4 Å². The summed E-state index contributed by atoms with van der Waals surface area (Å²) in [4.78, 5) is 2.10. The molecule has 2 nitrogen and oxygen atoms in total. The Hall–Kier alpha value is -0.740. The molecule has 0 aliphatic carbocycles. The Labute approximate surface area is 112 Å². The second kappa shape index (κ2) is 5.49. The number of rotatable bonds is 2. The van der Waals surface area contributed by atoms with Crippen molar-refractivity contribution < 1.29 is 9.50 Å². The first-order valence-corrected chi connectivity index (χ1v) is 7.42. The molecule has 100 valence electrons. The van der Waals surface area contributed by atoms with Crippen molar-refractivity contribution in [1.82, 2.24) is 0 Å². The quantitative estimate of drug-likeness (QED) is 0.892. The van der Waals surface area contributed by atoms with Gasteiger partial charge in [0.25, 0.3) is 0 Å². The molecule has 2 rings (SSSR count). The van der Waals surface area contributed by atoms with Crippen LogP contribution in [0.4, 0.5) is 10.1 Å². The number of para-hydroxylation sites is 1. The average Bonchev–Trinajstić information content (AvgIpc) is 2.33. The first kappa shape index (κ1) is 13.7. The largest absolute Gasteiger partial charge is 0.389 e. The van der Waals surface area contributed by atoms with Crippen LogP contribution in [0.5, 0.6) is 0 Å². The fraction of sp³-hybridized carbons (Fsp3) is 0.571. The van der Waals surface area contributed by atoms with Gasteiger partial charge in [-0.3, -0.25) is 0 Å². The number of nitrogens with zero attached hydrogens (tertiary/aromatic N) is 1. The number of anilines is 1. The molecule has 1 aromatic rings. The second-order valence-corrected chi connectivity index (χ2v) is 6.35. The maximum absolute atomic E-state index is 14.1. The molecule has 1 aliphatic rings. The van der Waals surface area contributed by atoms with E-state index < -0.39 is 6.10 Å². The molecule has 1 N–H and O–H groups in total. The van der Waals surface area contributed by atoms with E-state index in [1.807, 2.05) is 17.8 Å². The molecule has 0 saturated carbocycles. The van der Waals surface area contributed by atoms with Gasteiger partial charge in [-0.1, -0.05) is 19.1 Å². The van der Waals surface area contributed by atoms with Crippen LogP contribution in [0.25, 0.3) is 0 Å². The highest BCUT2D eigenvalue weighted by atomic mass is 32.2. The lowest BCUT2D eigenvalue weighted by atomic mass is 10.0. The third-order valence-electron chi connectivity index (χ3n) is 3.64. The minimum atomic E-state index is -0.646. The molecule has 2 unspecified atom stereocenters. The van der Waals surface area contributed by atoms with Gasteiger partial charge in [0.15, 0.2) is 0 Å². The molecular formula is C14H20FNOS. The predicted molar refractivity (Wildman–Crippen MR) is 75.8 cm³/mol. The minimum absolute atomic E-state index is 0.237. The topological polar surface area (TPSA) is 23.5 Å². The van der Waals surface area contributed by atoms with Crippen LogP contribution in [0, 0.1) is 5.82 Å². The zero-order chi connectivity index (χ0) is 13.3. The Balaban J connectivity index is 2.43. The first-order chi connectivity index (χ1) is 8.52. The highest BCUT2D eigenvalue weighted by Gasteiger charge is 2.29. The molecule has 0 spiro atoms. The zero-order valence-corrected chi connectivity index (χ0v) is 11.9. The van der Waals surface area contributed by atoms with Crippen LogP contribution in [-0.4, -0.2) is 28.7 Å². The Bertz CT molecular complexity index is 424. The molecule has 0 amide bonds. The zero-order valence-electron chi connectivity index (χ0n) is 11.1. The van der Waals surface area contributed by atoms with Crippen molar-refractivity contribution in [2.75, 3.05) is 17.2 Å². The average molecular weight is 269 g/mol. The van der Waals surface area contributed by atoms with Gasteiger partial charge in [-0.25, -0.2) is 4.39 Å². The number of thioether (sulfide) groups is 1. The Kier molecular flexibility index (Phi) is 4.17. The molecule has 1 fully saturated rings. The maximum Gasteiger partial charge on any atom is 0.146 e. The molecule has 0 aromatic heterocycles. The summed E-state index contributed by atoms with van der Waals surface area (Å²) in [7, 11) is 0. The summed E-state index contributed by atoms with van der Waals surface area (Å²) in [5.41, 5.74) is 1.26. The van der Waals surface area contributed by atoms with E-state index in [0.29, 0.717) is 16.5 Å². The van der Waals surface area contributed by atoms with E-state index >= 15 is 0 Å². The van der Waals surface area contributed by atoms with Crippen LogP contribution in [0.3, 0.4) is 0 Å². The van der Waals surface area contributed by atoms with Crippen molar-refractivity contribution in [2.24, 2.45) is 0 Å². The van der Waals surface area contributed by atoms with Crippen molar-refractivity contribution in [1.29, 1.82) is 0 Å². The Morgan fingerprint density at radius 1 is 1.44 bits per heavy atom. The molecule has 0 bridgehead atoms. The maximum atomic E-state index is 14.1. The molecule has 1 heterocycles. The van der Waals surface area contributed by atoms with Gasteiger partial charge >= 0.3 is 0 Å². The van der Waals surface area contributed by atoms with Gasteiger partial charge in [-0.15, -0.1) is 0 Å². The molecule has 18 heavy (non-hydrogen) atoms. The highest BCUT2D eigenvalue weighted by Crippen LogP contribution is 2.35. The monoisotopic (exact) mass is 269 g/mol. The third kappa shape index (κ3) is 2.50. The fourth-order valence-electron chi connectivity index (χ4n) is 2.42.